The number of nitrogens with one attached hydrogen (secondary N) is 1. The van der Waals surface area contributed by atoms with E-state index in [0.717, 1.165) is 5.56 Å². The van der Waals surface area contributed by atoms with Crippen LogP contribution in [0, 0.1) is 25.2 Å². The van der Waals surface area contributed by atoms with Crippen LogP contribution in [0.2, 0.25) is 0 Å². The summed E-state index contributed by atoms with van der Waals surface area (Å²) in [5.41, 5.74) is 0.549. The van der Waals surface area contributed by atoms with Crippen molar-refractivity contribution in [2.45, 2.75) is 53.2 Å². The van der Waals surface area contributed by atoms with Crippen molar-refractivity contribution >= 4 is 17.9 Å². The molecule has 0 aliphatic carbocycles. The molecule has 2 heterocycles. The van der Waals surface area contributed by atoms with Gasteiger partial charge < -0.3 is 14.1 Å². The SMILES string of the molecule is Cc1oc(NC(=O)C(C)N2CCN(C(=O)OC(C)(C)C)CC2)c(C#N)c1C. The van der Waals surface area contributed by atoms with Gasteiger partial charge in [-0.25, -0.2) is 4.79 Å². The molecule has 2 amide bonds. The molecule has 1 aromatic rings. The number of anilines is 1. The first kappa shape index (κ1) is 20.8. The number of carbonyl (C=O) groups is 2. The Morgan fingerprint density at radius 1 is 1.22 bits per heavy atom. The number of rotatable bonds is 3. The van der Waals surface area contributed by atoms with Crippen LogP contribution in [-0.4, -0.2) is 59.6 Å². The van der Waals surface area contributed by atoms with Gasteiger partial charge in [0.05, 0.1) is 6.04 Å². The van der Waals surface area contributed by atoms with Crippen LogP contribution in [0.4, 0.5) is 10.7 Å². The summed E-state index contributed by atoms with van der Waals surface area (Å²) < 4.78 is 10.9. The molecule has 8 heteroatoms. The summed E-state index contributed by atoms with van der Waals surface area (Å²) in [6, 6.07) is 1.65. The lowest BCUT2D eigenvalue weighted by atomic mass is 10.1. The minimum atomic E-state index is -0.529. The zero-order valence-corrected chi connectivity index (χ0v) is 16.9. The van der Waals surface area contributed by atoms with Gasteiger partial charge in [0.15, 0.2) is 0 Å². The van der Waals surface area contributed by atoms with E-state index in [9.17, 15) is 14.9 Å². The predicted molar refractivity (Wildman–Crippen MR) is 100 cm³/mol. The average molecular weight is 376 g/mol. The second-order valence-corrected chi connectivity index (χ2v) is 7.77. The Morgan fingerprint density at radius 2 is 1.81 bits per heavy atom. The number of nitriles is 1. The largest absolute Gasteiger partial charge is 0.444 e. The summed E-state index contributed by atoms with van der Waals surface area (Å²) in [4.78, 5) is 28.4. The fourth-order valence-corrected chi connectivity index (χ4v) is 2.85. The molecular weight excluding hydrogens is 348 g/mol. The minimum absolute atomic E-state index is 0.191. The highest BCUT2D eigenvalue weighted by molar-refractivity contribution is 5.94. The van der Waals surface area contributed by atoms with E-state index in [-0.39, 0.29) is 17.9 Å². The molecule has 1 aliphatic heterocycles. The molecule has 1 atom stereocenters. The zero-order chi connectivity index (χ0) is 20.4. The molecule has 1 unspecified atom stereocenters. The topological polar surface area (TPSA) is 98.8 Å². The van der Waals surface area contributed by atoms with Crippen molar-refractivity contribution in [2.75, 3.05) is 31.5 Å². The molecule has 1 aliphatic rings. The smallest absolute Gasteiger partial charge is 0.410 e. The van der Waals surface area contributed by atoms with Crippen molar-refractivity contribution in [3.63, 3.8) is 0 Å². The standard InChI is InChI=1S/C19H28N4O4/c1-12-14(3)26-17(15(12)11-20)21-16(24)13(2)22-7-9-23(10-8-22)18(25)27-19(4,5)6/h13H,7-10H2,1-6H3,(H,21,24). The molecule has 0 radical (unpaired) electrons. The number of furan rings is 1. The molecule has 0 aromatic carbocycles. The van der Waals surface area contributed by atoms with Crippen LogP contribution in [0.3, 0.4) is 0 Å². The number of hydrogen-bond acceptors (Lipinski definition) is 6. The molecule has 8 nitrogen and oxygen atoms in total. The number of piperazine rings is 1. The molecule has 1 N–H and O–H groups in total. The normalized spacial score (nSPS) is 16.6. The van der Waals surface area contributed by atoms with E-state index in [1.807, 2.05) is 25.7 Å². The predicted octanol–water partition coefficient (Wildman–Crippen LogP) is 2.65. The van der Waals surface area contributed by atoms with Crippen molar-refractivity contribution in [3.05, 3.63) is 16.9 Å². The Bertz CT molecular complexity index is 749. The van der Waals surface area contributed by atoms with Crippen LogP contribution in [0.5, 0.6) is 0 Å². The summed E-state index contributed by atoms with van der Waals surface area (Å²) in [7, 11) is 0. The Hall–Kier alpha value is -2.53. The quantitative estimate of drug-likeness (QED) is 0.871. The fourth-order valence-electron chi connectivity index (χ4n) is 2.85. The summed E-state index contributed by atoms with van der Waals surface area (Å²) in [6.45, 7) is 13.0. The number of carbonyl (C=O) groups excluding carboxylic acids is 2. The zero-order valence-electron chi connectivity index (χ0n) is 16.9. The highest BCUT2D eigenvalue weighted by Gasteiger charge is 2.30. The lowest BCUT2D eigenvalue weighted by Crippen LogP contribution is -2.54. The van der Waals surface area contributed by atoms with Gasteiger partial charge in [-0.3, -0.25) is 15.0 Å². The number of nitrogens with zero attached hydrogens (tertiary/aromatic N) is 3. The van der Waals surface area contributed by atoms with E-state index in [0.29, 0.717) is 37.5 Å². The van der Waals surface area contributed by atoms with E-state index in [1.54, 1.807) is 25.7 Å². The Kier molecular flexibility index (Phi) is 6.16. The maximum Gasteiger partial charge on any atom is 0.410 e. The van der Waals surface area contributed by atoms with Gasteiger partial charge in [-0.1, -0.05) is 0 Å². The van der Waals surface area contributed by atoms with Crippen LogP contribution >= 0.6 is 0 Å². The number of hydrogen-bond donors (Lipinski definition) is 1. The molecule has 27 heavy (non-hydrogen) atoms. The van der Waals surface area contributed by atoms with Crippen molar-refractivity contribution < 1.29 is 18.7 Å². The van der Waals surface area contributed by atoms with Crippen molar-refractivity contribution in [3.8, 4) is 6.07 Å². The van der Waals surface area contributed by atoms with Gasteiger partial charge >= 0.3 is 6.09 Å². The third-order valence-electron chi connectivity index (χ3n) is 4.63. The molecule has 0 bridgehead atoms. The van der Waals surface area contributed by atoms with Crippen LogP contribution in [0.15, 0.2) is 4.42 Å². The van der Waals surface area contributed by atoms with E-state index in [2.05, 4.69) is 11.4 Å². The number of amides is 2. The maximum atomic E-state index is 12.6. The molecule has 1 saturated heterocycles. The summed E-state index contributed by atoms with van der Waals surface area (Å²) in [5, 5.41) is 12.0. The Balaban J connectivity index is 1.93. The van der Waals surface area contributed by atoms with Crippen molar-refractivity contribution in [1.29, 1.82) is 5.26 Å². The van der Waals surface area contributed by atoms with Crippen molar-refractivity contribution in [1.82, 2.24) is 9.80 Å². The van der Waals surface area contributed by atoms with Gasteiger partial charge in [0, 0.05) is 31.7 Å². The number of ether oxygens (including phenoxy) is 1. The van der Waals surface area contributed by atoms with Gasteiger partial charge in [0.1, 0.15) is 23.0 Å². The molecule has 0 saturated carbocycles. The lowest BCUT2D eigenvalue weighted by molar-refractivity contribution is -0.121. The summed E-state index contributed by atoms with van der Waals surface area (Å²) >= 11 is 0. The monoisotopic (exact) mass is 376 g/mol. The van der Waals surface area contributed by atoms with Crippen molar-refractivity contribution in [2.24, 2.45) is 0 Å². The van der Waals surface area contributed by atoms with Gasteiger partial charge in [-0.15, -0.1) is 0 Å². The molecule has 1 fully saturated rings. The van der Waals surface area contributed by atoms with Crippen LogP contribution in [-0.2, 0) is 9.53 Å². The van der Waals surface area contributed by atoms with Gasteiger partial charge in [-0.2, -0.15) is 5.26 Å². The third kappa shape index (κ3) is 5.01. The van der Waals surface area contributed by atoms with E-state index < -0.39 is 11.6 Å². The number of aryl methyl sites for hydroxylation is 1. The second-order valence-electron chi connectivity index (χ2n) is 7.77. The van der Waals surface area contributed by atoms with E-state index in [1.165, 1.54) is 0 Å². The second kappa shape index (κ2) is 8.01. The molecule has 148 valence electrons. The minimum Gasteiger partial charge on any atom is -0.444 e. The average Bonchev–Trinajstić information content (AvgIpc) is 2.86. The highest BCUT2D eigenvalue weighted by atomic mass is 16.6. The van der Waals surface area contributed by atoms with Crippen LogP contribution in [0.1, 0.15) is 44.6 Å². The fraction of sp³-hybridized carbons (Fsp3) is 0.632. The van der Waals surface area contributed by atoms with E-state index in [4.69, 9.17) is 9.15 Å². The molecular formula is C19H28N4O4. The summed E-state index contributed by atoms with van der Waals surface area (Å²) in [6.07, 6.45) is -0.334. The summed E-state index contributed by atoms with van der Waals surface area (Å²) in [5.74, 6) is 0.559. The van der Waals surface area contributed by atoms with Crippen LogP contribution in [0.25, 0.3) is 0 Å². The Labute approximate surface area is 160 Å². The first-order chi connectivity index (χ1) is 12.5. The van der Waals surface area contributed by atoms with E-state index >= 15 is 0 Å². The Morgan fingerprint density at radius 3 is 2.33 bits per heavy atom. The van der Waals surface area contributed by atoms with Crippen LogP contribution < -0.4 is 5.32 Å². The maximum absolute atomic E-state index is 12.6. The molecule has 2 rings (SSSR count). The third-order valence-corrected chi connectivity index (χ3v) is 4.63. The lowest BCUT2D eigenvalue weighted by Gasteiger charge is -2.37. The van der Waals surface area contributed by atoms with Gasteiger partial charge in [-0.05, 0) is 41.5 Å². The molecule has 1 aromatic heterocycles. The molecule has 0 spiro atoms. The first-order valence-corrected chi connectivity index (χ1v) is 9.06. The van der Waals surface area contributed by atoms with Gasteiger partial charge in [0.25, 0.3) is 0 Å². The highest BCUT2D eigenvalue weighted by Crippen LogP contribution is 2.25. The first-order valence-electron chi connectivity index (χ1n) is 9.06. The van der Waals surface area contributed by atoms with Gasteiger partial charge in [0.2, 0.25) is 11.8 Å².